The molecule has 1 heterocycles. The molecule has 0 aromatic heterocycles. The van der Waals surface area contributed by atoms with E-state index in [4.69, 9.17) is 28.4 Å². The van der Waals surface area contributed by atoms with Gasteiger partial charge in [-0.1, -0.05) is 98.8 Å². The number of ketones is 1. The molecule has 6 saturated carbocycles. The van der Waals surface area contributed by atoms with E-state index in [1.165, 1.54) is 27.0 Å². The monoisotopic (exact) mass is 1630 g/mol. The van der Waals surface area contributed by atoms with Gasteiger partial charge in [0, 0.05) is 69.7 Å². The smallest absolute Gasteiger partial charge is 0.429 e. The van der Waals surface area contributed by atoms with Crippen LogP contribution >= 0.6 is 0 Å². The maximum Gasteiger partial charge on any atom is 0.429 e. The lowest BCUT2D eigenvalue weighted by Gasteiger charge is -2.36. The van der Waals surface area contributed by atoms with Gasteiger partial charge in [-0.3, -0.25) is 28.8 Å². The SMILES string of the molecule is C=CC1CC1(NC(=O)C1CC(C(C)(C)C)CC1C(=O)O)C(=O)OCC.C=CCCCN(C(=O)C1CC(C(C)(C)C)CC1C(=O)NC1(C(=O)OCC)CC1C=C)N(C)C(=O)OC(C)(C)C.C=CCCCNN(C)C(=O)OC(C)(C)C.CCOC(=O)C12CC1/C=C\CCCC(N(C)C(=O)OC(C)(C)C)C(=O)C1CC(C(C)(C)C)CC1C(=O)N2. The van der Waals surface area contributed by atoms with E-state index in [0.717, 1.165) is 19.4 Å². The van der Waals surface area contributed by atoms with Crippen LogP contribution in [-0.4, -0.2) is 190 Å². The second kappa shape index (κ2) is 41.5. The number of fused-ring (bicyclic) bond motifs is 2. The molecule has 0 bridgehead atoms. The molecule has 1 aliphatic heterocycles. The summed E-state index contributed by atoms with van der Waals surface area (Å²) in [5.41, 5.74) is -2.48. The normalized spacial score (nSPS) is 28.3. The average Bonchev–Trinajstić information content (AvgIpc) is 1.59. The number of aliphatic carboxylic acids is 1. The van der Waals surface area contributed by atoms with E-state index in [1.807, 2.05) is 39.0 Å². The third kappa shape index (κ3) is 27.8. The molecule has 7 rings (SSSR count). The molecule has 27 nitrogen and oxygen atoms in total. The van der Waals surface area contributed by atoms with Gasteiger partial charge in [0.15, 0.2) is 5.78 Å². The third-order valence-corrected chi connectivity index (χ3v) is 23.3. The highest BCUT2D eigenvalue weighted by Crippen LogP contribution is 2.53. The number of rotatable bonds is 24. The van der Waals surface area contributed by atoms with Crippen molar-refractivity contribution in [3.05, 3.63) is 62.8 Å². The Morgan fingerprint density at radius 1 is 0.552 bits per heavy atom. The van der Waals surface area contributed by atoms with Crippen LogP contribution in [0.3, 0.4) is 0 Å². The Kier molecular flexibility index (Phi) is 35.9. The lowest BCUT2D eigenvalue weighted by molar-refractivity contribution is -0.154. The lowest BCUT2D eigenvalue weighted by atomic mass is 9.79. The van der Waals surface area contributed by atoms with Crippen molar-refractivity contribution in [3.8, 4) is 0 Å². The first-order valence-corrected chi connectivity index (χ1v) is 41.9. The summed E-state index contributed by atoms with van der Waals surface area (Å²) < 4.78 is 32.0. The van der Waals surface area contributed by atoms with Gasteiger partial charge in [-0.05, 0) is 220 Å². The van der Waals surface area contributed by atoms with Gasteiger partial charge in [0.05, 0.1) is 43.6 Å². The molecule has 0 aromatic carbocycles. The molecule has 7 amide bonds. The van der Waals surface area contributed by atoms with Crippen LogP contribution in [0.1, 0.15) is 248 Å². The second-order valence-corrected chi connectivity index (χ2v) is 38.7. The molecule has 5 N–H and O–H groups in total. The summed E-state index contributed by atoms with van der Waals surface area (Å²) in [4.78, 5) is 157. The molecule has 6 fully saturated rings. The molecule has 7 aliphatic rings. The predicted molar refractivity (Wildman–Crippen MR) is 445 cm³/mol. The highest BCUT2D eigenvalue weighted by Gasteiger charge is 2.65. The summed E-state index contributed by atoms with van der Waals surface area (Å²) >= 11 is 0. The van der Waals surface area contributed by atoms with Crippen molar-refractivity contribution >= 4 is 71.6 Å². The first-order chi connectivity index (χ1) is 53.5. The largest absolute Gasteiger partial charge is 0.481 e. The molecule has 656 valence electrons. The van der Waals surface area contributed by atoms with Crippen LogP contribution in [0.25, 0.3) is 0 Å². The highest BCUT2D eigenvalue weighted by atomic mass is 16.6. The number of carboxylic acids is 1. The highest BCUT2D eigenvalue weighted by molar-refractivity contribution is 5.98. The number of nitrogens with zero attached hydrogens (tertiary/aromatic N) is 4. The van der Waals surface area contributed by atoms with Gasteiger partial charge in [0.1, 0.15) is 33.4 Å². The average molecular weight is 1630 g/mol. The first kappa shape index (κ1) is 100. The van der Waals surface area contributed by atoms with Gasteiger partial charge >= 0.3 is 42.2 Å². The van der Waals surface area contributed by atoms with Crippen molar-refractivity contribution in [3.63, 3.8) is 0 Å². The standard InChI is InChI=1S/C30H49N3O6.C29H46N2O6.C19H29NO5.C11H22N2O2/c1-11-14-15-16-33(32(10)27(37)39-29(7,8)9)25(35)23-18-21(28(4,5)6)17-22(23)24(34)31-30(19-20(30)12-2)26(36)38-13-3;1-9-36-25(34)29-17-18(29)13-11-10-12-14-22(31(8)26(35)37-28(5,6)7)23(32)20-15-19(27(2,3)4)16-21(20)24(33)30-29;1-6-11-10-19(11,17(24)25-7-2)20-15(21)13-8-12(18(3,4)5)9-14(13)16(22)23;1-6-7-8-9-12-13(5)10(14)15-11(2,3)4/h11-12,20-23H,1-2,13-19H2,3-10H3,(H,31,34);11,13,18-22H,9-10,12,14-17H2,1-8H3,(H,30,33);6,11-14H,1,7-10H2,2-5H3,(H,20,21)(H,22,23);6,12H,1,7-9H2,2-5H3/b;13-11-;;. The zero-order chi connectivity index (χ0) is 88.4. The number of Topliss-reactive ketones (excluding diaryl/α,β-unsaturated/α-hetero) is 1. The van der Waals surface area contributed by atoms with E-state index in [-0.39, 0.29) is 114 Å². The molecule has 16 unspecified atom stereocenters. The number of carbonyl (C=O) groups is 12. The number of carboxylic acid groups (broad SMARTS) is 1. The number of nitrogens with one attached hydrogen (secondary N) is 4. The van der Waals surface area contributed by atoms with Gasteiger partial charge < -0.3 is 54.4 Å². The second-order valence-electron chi connectivity index (χ2n) is 38.7. The maximum atomic E-state index is 14.1. The van der Waals surface area contributed by atoms with Crippen LogP contribution in [0.5, 0.6) is 0 Å². The molecule has 0 aromatic rings. The van der Waals surface area contributed by atoms with Crippen LogP contribution in [0, 0.1) is 87.3 Å². The number of likely N-dealkylation sites (N-methyl/N-ethyl adjacent to an activating group) is 1. The van der Waals surface area contributed by atoms with Crippen LogP contribution in [0.15, 0.2) is 62.8 Å². The van der Waals surface area contributed by atoms with Gasteiger partial charge in [-0.15, -0.1) is 26.3 Å². The Morgan fingerprint density at radius 2 is 0.974 bits per heavy atom. The molecule has 27 heteroatoms. The number of esters is 3. The zero-order valence-electron chi connectivity index (χ0n) is 74.7. The maximum absolute atomic E-state index is 14.1. The number of hydrogen-bond donors (Lipinski definition) is 5. The minimum absolute atomic E-state index is 0.0647. The van der Waals surface area contributed by atoms with Crippen molar-refractivity contribution in [2.24, 2.45) is 87.3 Å². The Morgan fingerprint density at radius 3 is 1.41 bits per heavy atom. The third-order valence-electron chi connectivity index (χ3n) is 23.3. The van der Waals surface area contributed by atoms with Crippen molar-refractivity contribution in [2.45, 2.75) is 288 Å². The lowest BCUT2D eigenvalue weighted by Crippen LogP contribution is -2.54. The van der Waals surface area contributed by atoms with Gasteiger partial charge in [-0.25, -0.2) is 49.2 Å². The predicted octanol–water partition coefficient (Wildman–Crippen LogP) is 14.2. The Labute approximate surface area is 692 Å². The number of allylic oxidation sites excluding steroid dienone is 3. The van der Waals surface area contributed by atoms with E-state index in [9.17, 15) is 62.6 Å². The van der Waals surface area contributed by atoms with Gasteiger partial charge in [0.25, 0.3) is 0 Å². The van der Waals surface area contributed by atoms with Crippen LogP contribution in [-0.2, 0) is 71.6 Å². The summed E-state index contributed by atoms with van der Waals surface area (Å²) in [6.45, 7) is 56.8. The molecule has 6 aliphatic carbocycles. The van der Waals surface area contributed by atoms with E-state index >= 15 is 0 Å². The summed E-state index contributed by atoms with van der Waals surface area (Å²) in [7, 11) is 4.78. The van der Waals surface area contributed by atoms with Gasteiger partial charge in [0.2, 0.25) is 23.6 Å². The fourth-order valence-electron chi connectivity index (χ4n) is 15.9. The van der Waals surface area contributed by atoms with Crippen LogP contribution < -0.4 is 21.4 Å². The van der Waals surface area contributed by atoms with Gasteiger partial charge in [-0.2, -0.15) is 0 Å². The Balaban J connectivity index is 0.000000342. The number of amides is 7. The molecule has 0 saturated heterocycles. The summed E-state index contributed by atoms with van der Waals surface area (Å²) in [6.07, 6.45) is 18.9. The Hall–Kier alpha value is -8.10. The fraction of sp³-hybridized carbons (Fsp3) is 0.753. The molecule has 0 radical (unpaired) electrons. The van der Waals surface area contributed by atoms with Crippen molar-refractivity contribution < 1.29 is 91.1 Å². The molecule has 0 spiro atoms. The molecule has 116 heavy (non-hydrogen) atoms. The minimum atomic E-state index is -1.14. The number of hydrogen-bond acceptors (Lipinski definition) is 19. The van der Waals surface area contributed by atoms with Crippen LogP contribution in [0.2, 0.25) is 0 Å². The summed E-state index contributed by atoms with van der Waals surface area (Å²) in [5.74, 6) is -7.57. The first-order valence-electron chi connectivity index (χ1n) is 41.9. The molecular formula is C89H146N8O19. The van der Waals surface area contributed by atoms with E-state index in [2.05, 4.69) is 110 Å². The van der Waals surface area contributed by atoms with Crippen molar-refractivity contribution in [1.82, 2.24) is 41.3 Å². The van der Waals surface area contributed by atoms with E-state index in [0.29, 0.717) is 89.9 Å². The zero-order valence-corrected chi connectivity index (χ0v) is 74.7. The van der Waals surface area contributed by atoms with Crippen molar-refractivity contribution in [1.29, 1.82) is 0 Å². The van der Waals surface area contributed by atoms with Crippen LogP contribution in [0.4, 0.5) is 14.4 Å². The topological polar surface area (TPSA) is 342 Å². The number of unbranched alkanes of at least 4 members (excludes halogenated alkanes) is 2. The minimum Gasteiger partial charge on any atom is -0.481 e. The van der Waals surface area contributed by atoms with Crippen molar-refractivity contribution in [2.75, 3.05) is 54.1 Å². The van der Waals surface area contributed by atoms with E-state index in [1.54, 1.807) is 94.6 Å². The summed E-state index contributed by atoms with van der Waals surface area (Å²) in [5, 5.41) is 22.3. The quantitative estimate of drug-likeness (QED) is 0.0197. The molecular weight excluding hydrogens is 1490 g/mol. The molecule has 16 atom stereocenters. The van der Waals surface area contributed by atoms with E-state index < -0.39 is 111 Å². The Bertz CT molecular complexity index is 3510. The fourth-order valence-corrected chi connectivity index (χ4v) is 15.9. The number of carbonyl (C=O) groups excluding carboxylic acids is 11. The number of ether oxygens (including phenoxy) is 6. The number of hydrazine groups is 2. The summed E-state index contributed by atoms with van der Waals surface area (Å²) in [6, 6.07) is -0.684.